The molecule has 0 aromatic rings. The smallest absolute Gasteiger partial charge is 0.306 e. The third-order valence-corrected chi connectivity index (χ3v) is 14.1. The van der Waals surface area contributed by atoms with Crippen molar-refractivity contribution in [2.45, 2.75) is 194 Å². The van der Waals surface area contributed by atoms with Gasteiger partial charge in [-0.3, -0.25) is 9.59 Å². The first-order valence-corrected chi connectivity index (χ1v) is 20.2. The predicted octanol–water partition coefficient (Wildman–Crippen LogP) is 12.1. The number of carbonyl (C=O) groups is 2. The molecule has 46 heavy (non-hydrogen) atoms. The van der Waals surface area contributed by atoms with Crippen LogP contribution in [0.1, 0.15) is 188 Å². The Labute approximate surface area is 283 Å². The molecule has 4 saturated carbocycles. The third kappa shape index (κ3) is 9.87. The zero-order valence-corrected chi connectivity index (χ0v) is 30.5. The molecule has 4 aliphatic rings. The summed E-state index contributed by atoms with van der Waals surface area (Å²) in [6, 6.07) is 0. The Morgan fingerprint density at radius 3 is 2.09 bits per heavy atom. The van der Waals surface area contributed by atoms with E-state index in [0.717, 1.165) is 49.9 Å². The fourth-order valence-electron chi connectivity index (χ4n) is 11.4. The lowest BCUT2D eigenvalue weighted by molar-refractivity contribution is -0.162. The number of esters is 1. The number of ether oxygens (including phenoxy) is 1. The molecule has 0 aromatic heterocycles. The van der Waals surface area contributed by atoms with Gasteiger partial charge >= 0.3 is 11.9 Å². The monoisotopic (exact) mass is 641 g/mol. The van der Waals surface area contributed by atoms with Gasteiger partial charge in [0, 0.05) is 12.8 Å². The van der Waals surface area contributed by atoms with E-state index in [1.54, 1.807) is 0 Å². The second-order valence-electron chi connectivity index (χ2n) is 17.0. The first kappa shape index (κ1) is 37.5. The standard InChI is InChI=1S/C42H72O4/c1-5-6-7-8-9-10-11-12-13-14-15-16-17-18-19-20-40(45)46-34-27-29-41(3)33(31-34)22-23-35-37-25-24-36(32(2)21-26-39(43)44)42(37,4)30-28-38(35)41/h12-13,32-38H,5-11,14-31H2,1-4H3,(H,43,44)/t32-,33-,34-,35+,36-,37+,38+,41+,42-/m1/s1. The number of rotatable bonds is 20. The first-order chi connectivity index (χ1) is 22.2. The minimum atomic E-state index is -0.647. The SMILES string of the molecule is CCCCCCCCC=CCCCCCCCC(=O)O[C@@H]1CC[C@@]2(C)[C@H](CC[C@@H]3[C@@H]2CC[C@]2(C)[C@@H]([C@H](C)CCC(=O)O)CC[C@@H]32)C1. The Morgan fingerprint density at radius 2 is 1.39 bits per heavy atom. The molecule has 0 saturated heterocycles. The lowest BCUT2D eigenvalue weighted by Gasteiger charge is -2.61. The van der Waals surface area contributed by atoms with Gasteiger partial charge in [-0.2, -0.15) is 0 Å². The Morgan fingerprint density at radius 1 is 0.761 bits per heavy atom. The minimum absolute atomic E-state index is 0.0439. The topological polar surface area (TPSA) is 63.6 Å². The van der Waals surface area contributed by atoms with Crippen molar-refractivity contribution in [1.29, 1.82) is 0 Å². The second kappa shape index (κ2) is 18.4. The quantitative estimate of drug-likeness (QED) is 0.0817. The molecule has 4 aliphatic carbocycles. The van der Waals surface area contributed by atoms with Crippen LogP contribution in [0.2, 0.25) is 0 Å². The summed E-state index contributed by atoms with van der Waals surface area (Å²) in [5.74, 6) is 3.72. The molecule has 0 aromatic carbocycles. The van der Waals surface area contributed by atoms with E-state index in [2.05, 4.69) is 39.8 Å². The Bertz CT molecular complexity index is 957. The first-order valence-electron chi connectivity index (χ1n) is 20.2. The van der Waals surface area contributed by atoms with Gasteiger partial charge in [0.1, 0.15) is 6.10 Å². The predicted molar refractivity (Wildman–Crippen MR) is 191 cm³/mol. The largest absolute Gasteiger partial charge is 0.481 e. The number of hydrogen-bond acceptors (Lipinski definition) is 3. The van der Waals surface area contributed by atoms with E-state index < -0.39 is 5.97 Å². The summed E-state index contributed by atoms with van der Waals surface area (Å²) in [6.07, 6.45) is 34.5. The van der Waals surface area contributed by atoms with Crippen LogP contribution in [0.5, 0.6) is 0 Å². The molecule has 0 radical (unpaired) electrons. The highest BCUT2D eigenvalue weighted by molar-refractivity contribution is 5.69. The highest BCUT2D eigenvalue weighted by Gasteiger charge is 2.60. The van der Waals surface area contributed by atoms with Crippen LogP contribution in [-0.2, 0) is 14.3 Å². The highest BCUT2D eigenvalue weighted by atomic mass is 16.5. The van der Waals surface area contributed by atoms with Gasteiger partial charge in [0.25, 0.3) is 0 Å². The maximum Gasteiger partial charge on any atom is 0.306 e. The van der Waals surface area contributed by atoms with Crippen molar-refractivity contribution in [3.05, 3.63) is 12.2 Å². The fraction of sp³-hybridized carbons (Fsp3) is 0.905. The van der Waals surface area contributed by atoms with Crippen molar-refractivity contribution in [2.24, 2.45) is 46.3 Å². The Hall–Kier alpha value is -1.32. The summed E-state index contributed by atoms with van der Waals surface area (Å²) in [5.41, 5.74) is 0.780. The fourth-order valence-corrected chi connectivity index (χ4v) is 11.4. The summed E-state index contributed by atoms with van der Waals surface area (Å²) in [7, 11) is 0. The molecule has 0 heterocycles. The zero-order valence-electron chi connectivity index (χ0n) is 30.5. The molecule has 9 atom stereocenters. The van der Waals surface area contributed by atoms with Crippen LogP contribution >= 0.6 is 0 Å². The van der Waals surface area contributed by atoms with E-state index in [9.17, 15) is 14.7 Å². The van der Waals surface area contributed by atoms with Gasteiger partial charge in [0.15, 0.2) is 0 Å². The number of allylic oxidation sites excluding steroid dienone is 2. The molecule has 1 N–H and O–H groups in total. The van der Waals surface area contributed by atoms with E-state index >= 15 is 0 Å². The van der Waals surface area contributed by atoms with Crippen molar-refractivity contribution in [3.8, 4) is 0 Å². The molecular formula is C42H72O4. The number of unbranched alkanes of at least 4 members (excludes halogenated alkanes) is 11. The van der Waals surface area contributed by atoms with Crippen molar-refractivity contribution in [3.63, 3.8) is 0 Å². The number of aliphatic carboxylic acids is 1. The average Bonchev–Trinajstić information content (AvgIpc) is 3.39. The molecule has 0 spiro atoms. The zero-order chi connectivity index (χ0) is 33.0. The third-order valence-electron chi connectivity index (χ3n) is 14.1. The lowest BCUT2D eigenvalue weighted by Crippen LogP contribution is -2.54. The maximum atomic E-state index is 12.8. The van der Waals surface area contributed by atoms with Crippen LogP contribution in [0, 0.1) is 46.3 Å². The number of carboxylic acids is 1. The Kier molecular flexibility index (Phi) is 15.0. The molecule has 4 rings (SSSR count). The van der Waals surface area contributed by atoms with E-state index in [0.29, 0.717) is 41.4 Å². The molecule has 0 unspecified atom stereocenters. The van der Waals surface area contributed by atoms with Gasteiger partial charge in [0.05, 0.1) is 0 Å². The van der Waals surface area contributed by atoms with Gasteiger partial charge in [-0.15, -0.1) is 0 Å². The molecule has 264 valence electrons. The minimum Gasteiger partial charge on any atom is -0.481 e. The Balaban J connectivity index is 1.10. The molecule has 4 fully saturated rings. The second-order valence-corrected chi connectivity index (χ2v) is 17.0. The average molecular weight is 641 g/mol. The number of hydrogen-bond donors (Lipinski definition) is 1. The van der Waals surface area contributed by atoms with E-state index in [-0.39, 0.29) is 12.1 Å². The van der Waals surface area contributed by atoms with Crippen molar-refractivity contribution in [1.82, 2.24) is 0 Å². The summed E-state index contributed by atoms with van der Waals surface area (Å²) in [5, 5.41) is 9.26. The lowest BCUT2D eigenvalue weighted by atomic mass is 9.44. The van der Waals surface area contributed by atoms with Crippen LogP contribution < -0.4 is 0 Å². The van der Waals surface area contributed by atoms with E-state index in [1.165, 1.54) is 116 Å². The van der Waals surface area contributed by atoms with Crippen molar-refractivity contribution >= 4 is 11.9 Å². The van der Waals surface area contributed by atoms with Crippen LogP contribution in [0.3, 0.4) is 0 Å². The maximum absolute atomic E-state index is 12.8. The van der Waals surface area contributed by atoms with E-state index in [1.807, 2.05) is 0 Å². The van der Waals surface area contributed by atoms with Gasteiger partial charge in [-0.1, -0.05) is 91.2 Å². The number of carbonyl (C=O) groups excluding carboxylic acids is 1. The summed E-state index contributed by atoms with van der Waals surface area (Å²) in [4.78, 5) is 24.0. The van der Waals surface area contributed by atoms with Gasteiger partial charge in [-0.25, -0.2) is 0 Å². The van der Waals surface area contributed by atoms with E-state index in [4.69, 9.17) is 4.74 Å². The van der Waals surface area contributed by atoms with Crippen LogP contribution in [-0.4, -0.2) is 23.1 Å². The van der Waals surface area contributed by atoms with Crippen LogP contribution in [0.15, 0.2) is 12.2 Å². The van der Waals surface area contributed by atoms with Crippen molar-refractivity contribution < 1.29 is 19.4 Å². The van der Waals surface area contributed by atoms with Gasteiger partial charge in [0.2, 0.25) is 0 Å². The molecule has 4 heteroatoms. The summed E-state index contributed by atoms with van der Waals surface area (Å²) >= 11 is 0. The molecule has 0 aliphatic heterocycles. The van der Waals surface area contributed by atoms with Crippen LogP contribution in [0.4, 0.5) is 0 Å². The normalized spacial score (nSPS) is 34.5. The van der Waals surface area contributed by atoms with Gasteiger partial charge < -0.3 is 9.84 Å². The molecule has 0 amide bonds. The van der Waals surface area contributed by atoms with Crippen LogP contribution in [0.25, 0.3) is 0 Å². The molecular weight excluding hydrogens is 568 g/mol. The molecule has 0 bridgehead atoms. The summed E-state index contributed by atoms with van der Waals surface area (Å²) < 4.78 is 6.12. The number of fused-ring (bicyclic) bond motifs is 5. The molecule has 4 nitrogen and oxygen atoms in total. The summed E-state index contributed by atoms with van der Waals surface area (Å²) in [6.45, 7) is 9.78. The highest BCUT2D eigenvalue weighted by Crippen LogP contribution is 2.68. The number of carboxylic acid groups (broad SMARTS) is 1. The van der Waals surface area contributed by atoms with Crippen molar-refractivity contribution in [2.75, 3.05) is 0 Å². The van der Waals surface area contributed by atoms with Gasteiger partial charge in [-0.05, 0) is 143 Å².